The molecular formula is C38H20N4S. The Balaban J connectivity index is 1.36. The maximum atomic E-state index is 9.73. The maximum Gasteiger partial charge on any atom is 0.0991 e. The Kier molecular flexibility index (Phi) is 4.87. The number of hydrogen-bond donors (Lipinski definition) is 0. The van der Waals surface area contributed by atoms with Crippen LogP contribution in [0.2, 0.25) is 0 Å². The van der Waals surface area contributed by atoms with Gasteiger partial charge in [-0.05, 0) is 78.9 Å². The Hall–Kier alpha value is -5.88. The summed E-state index contributed by atoms with van der Waals surface area (Å²) in [7, 11) is 0. The monoisotopic (exact) mass is 564 g/mol. The van der Waals surface area contributed by atoms with Crippen LogP contribution in [0.5, 0.6) is 0 Å². The van der Waals surface area contributed by atoms with Crippen molar-refractivity contribution in [1.29, 1.82) is 10.5 Å². The molecule has 0 unspecified atom stereocenters. The predicted octanol–water partition coefficient (Wildman–Crippen LogP) is 9.99. The molecule has 3 aromatic heterocycles. The first-order chi connectivity index (χ1) is 21.2. The van der Waals surface area contributed by atoms with Gasteiger partial charge in [0.1, 0.15) is 0 Å². The van der Waals surface area contributed by atoms with Crippen molar-refractivity contribution in [3.8, 4) is 23.5 Å². The summed E-state index contributed by atoms with van der Waals surface area (Å²) >= 11 is 1.81. The van der Waals surface area contributed by atoms with E-state index in [9.17, 15) is 10.5 Å². The van der Waals surface area contributed by atoms with Crippen molar-refractivity contribution in [3.05, 3.63) is 132 Å². The van der Waals surface area contributed by atoms with Crippen LogP contribution < -0.4 is 0 Å². The second kappa shape index (κ2) is 8.81. The topological polar surface area (TPSA) is 57.4 Å². The van der Waals surface area contributed by atoms with E-state index in [0.717, 1.165) is 55.0 Å². The molecule has 4 nitrogen and oxygen atoms in total. The summed E-state index contributed by atoms with van der Waals surface area (Å²) < 4.78 is 7.11. The molecule has 43 heavy (non-hydrogen) atoms. The number of benzene rings is 6. The van der Waals surface area contributed by atoms with Crippen LogP contribution in [0, 0.1) is 22.7 Å². The first kappa shape index (κ1) is 23.8. The summed E-state index contributed by atoms with van der Waals surface area (Å²) in [6.45, 7) is 0. The van der Waals surface area contributed by atoms with Gasteiger partial charge < -0.3 is 9.13 Å². The summed E-state index contributed by atoms with van der Waals surface area (Å²) in [6, 6.07) is 46.7. The van der Waals surface area contributed by atoms with Crippen molar-refractivity contribution in [1.82, 2.24) is 9.13 Å². The molecule has 0 saturated heterocycles. The highest BCUT2D eigenvalue weighted by Crippen LogP contribution is 2.41. The molecule has 0 radical (unpaired) electrons. The molecule has 0 amide bonds. The second-order valence-corrected chi connectivity index (χ2v) is 11.9. The van der Waals surface area contributed by atoms with E-state index in [1.807, 2.05) is 47.7 Å². The lowest BCUT2D eigenvalue weighted by atomic mass is 10.1. The summed E-state index contributed by atoms with van der Waals surface area (Å²) in [6.07, 6.45) is 0. The van der Waals surface area contributed by atoms with Crippen molar-refractivity contribution < 1.29 is 0 Å². The number of rotatable bonds is 2. The van der Waals surface area contributed by atoms with Crippen molar-refractivity contribution in [2.45, 2.75) is 0 Å². The van der Waals surface area contributed by atoms with E-state index >= 15 is 0 Å². The van der Waals surface area contributed by atoms with Gasteiger partial charge in [-0.2, -0.15) is 10.5 Å². The minimum atomic E-state index is 0.651. The minimum Gasteiger partial charge on any atom is -0.309 e. The molecule has 0 aliphatic rings. The van der Waals surface area contributed by atoms with Crippen LogP contribution in [0.25, 0.3) is 75.2 Å². The number of nitriles is 2. The van der Waals surface area contributed by atoms with Crippen LogP contribution in [0.15, 0.2) is 121 Å². The molecule has 0 atom stereocenters. The van der Waals surface area contributed by atoms with Gasteiger partial charge in [0.2, 0.25) is 0 Å². The fraction of sp³-hybridized carbons (Fsp3) is 0. The molecule has 0 spiro atoms. The zero-order valence-electron chi connectivity index (χ0n) is 22.7. The SMILES string of the molecule is N#Cc1ccc2c(c1)c1ccccc1n2-c1cccc(-n2c3ccc(C#N)cc3c3cc4sc5ccccc5c4cc32)c1. The van der Waals surface area contributed by atoms with Gasteiger partial charge in [0.25, 0.3) is 0 Å². The van der Waals surface area contributed by atoms with E-state index in [2.05, 4.69) is 106 Å². The number of fused-ring (bicyclic) bond motifs is 9. The highest BCUT2D eigenvalue weighted by molar-refractivity contribution is 7.25. The van der Waals surface area contributed by atoms with E-state index in [-0.39, 0.29) is 0 Å². The third-order valence-electron chi connectivity index (χ3n) is 8.54. The van der Waals surface area contributed by atoms with E-state index < -0.39 is 0 Å². The third kappa shape index (κ3) is 3.35. The van der Waals surface area contributed by atoms with Crippen molar-refractivity contribution >= 4 is 75.1 Å². The molecule has 0 fully saturated rings. The standard InChI is InChI=1S/C38H20N4S/c39-21-23-12-14-34-29(16-23)27-8-1-3-10-33(27)41(34)25-6-5-7-26(18-25)42-35-15-13-24(22-40)17-30(35)31-20-38-32(19-36(31)42)28-9-2-4-11-37(28)43-38/h1-20H. The van der Waals surface area contributed by atoms with Gasteiger partial charge in [-0.1, -0.05) is 42.5 Å². The lowest BCUT2D eigenvalue weighted by Crippen LogP contribution is -1.98. The third-order valence-corrected chi connectivity index (χ3v) is 9.67. The average molecular weight is 565 g/mol. The van der Waals surface area contributed by atoms with Gasteiger partial charge >= 0.3 is 0 Å². The minimum absolute atomic E-state index is 0.651. The van der Waals surface area contributed by atoms with E-state index in [0.29, 0.717) is 11.1 Å². The first-order valence-electron chi connectivity index (χ1n) is 14.1. The van der Waals surface area contributed by atoms with Gasteiger partial charge in [-0.3, -0.25) is 0 Å². The Labute approximate surface area is 250 Å². The van der Waals surface area contributed by atoms with Gasteiger partial charge in [0.15, 0.2) is 0 Å². The molecule has 3 heterocycles. The van der Waals surface area contributed by atoms with Crippen LogP contribution in [-0.4, -0.2) is 9.13 Å². The number of nitrogens with zero attached hydrogens (tertiary/aromatic N) is 4. The Bertz CT molecular complexity index is 2710. The molecule has 9 aromatic rings. The summed E-state index contributed by atoms with van der Waals surface area (Å²) in [5.74, 6) is 0. The summed E-state index contributed by atoms with van der Waals surface area (Å²) in [5.41, 5.74) is 7.71. The molecule has 0 saturated carbocycles. The van der Waals surface area contributed by atoms with Crippen molar-refractivity contribution in [2.75, 3.05) is 0 Å². The van der Waals surface area contributed by atoms with Crippen LogP contribution in [0.3, 0.4) is 0 Å². The van der Waals surface area contributed by atoms with E-state index in [1.54, 1.807) is 0 Å². The van der Waals surface area contributed by atoms with Crippen LogP contribution in [0.4, 0.5) is 0 Å². The maximum absolute atomic E-state index is 9.73. The highest BCUT2D eigenvalue weighted by atomic mass is 32.1. The zero-order valence-corrected chi connectivity index (χ0v) is 23.6. The van der Waals surface area contributed by atoms with Crippen LogP contribution in [-0.2, 0) is 0 Å². The molecular weight excluding hydrogens is 545 g/mol. The van der Waals surface area contributed by atoms with Gasteiger partial charge in [0, 0.05) is 53.1 Å². The normalized spacial score (nSPS) is 11.7. The molecule has 6 aromatic carbocycles. The van der Waals surface area contributed by atoms with Crippen LogP contribution >= 0.6 is 11.3 Å². The Morgan fingerprint density at radius 1 is 0.419 bits per heavy atom. The van der Waals surface area contributed by atoms with Crippen LogP contribution in [0.1, 0.15) is 11.1 Å². The fourth-order valence-electron chi connectivity index (χ4n) is 6.68. The smallest absolute Gasteiger partial charge is 0.0991 e. The Morgan fingerprint density at radius 3 is 1.72 bits per heavy atom. The number of thiophene rings is 1. The van der Waals surface area contributed by atoms with Gasteiger partial charge in [0.05, 0.1) is 45.3 Å². The second-order valence-electron chi connectivity index (χ2n) is 10.9. The van der Waals surface area contributed by atoms with Crippen molar-refractivity contribution in [2.24, 2.45) is 0 Å². The average Bonchev–Trinajstić information content (AvgIpc) is 3.70. The van der Waals surface area contributed by atoms with Gasteiger partial charge in [-0.15, -0.1) is 11.3 Å². The molecule has 5 heteroatoms. The molecule has 0 N–H and O–H groups in total. The number of aromatic nitrogens is 2. The molecule has 198 valence electrons. The molecule has 0 aliphatic heterocycles. The van der Waals surface area contributed by atoms with Crippen molar-refractivity contribution in [3.63, 3.8) is 0 Å². The molecule has 0 aliphatic carbocycles. The van der Waals surface area contributed by atoms with E-state index in [1.165, 1.54) is 20.2 Å². The highest BCUT2D eigenvalue weighted by Gasteiger charge is 2.18. The zero-order chi connectivity index (χ0) is 28.7. The Morgan fingerprint density at radius 2 is 1.00 bits per heavy atom. The van der Waals surface area contributed by atoms with E-state index in [4.69, 9.17) is 0 Å². The number of para-hydroxylation sites is 1. The molecule has 0 bridgehead atoms. The summed E-state index contributed by atoms with van der Waals surface area (Å²) in [4.78, 5) is 0. The lowest BCUT2D eigenvalue weighted by Gasteiger charge is -2.13. The summed E-state index contributed by atoms with van der Waals surface area (Å²) in [5, 5.41) is 26.2. The molecule has 9 rings (SSSR count). The fourth-order valence-corrected chi connectivity index (χ4v) is 7.80. The van der Waals surface area contributed by atoms with Gasteiger partial charge in [-0.25, -0.2) is 0 Å². The first-order valence-corrected chi connectivity index (χ1v) is 14.9. The largest absolute Gasteiger partial charge is 0.309 e. The quantitative estimate of drug-likeness (QED) is 0.210. The number of hydrogen-bond acceptors (Lipinski definition) is 3. The predicted molar refractivity (Wildman–Crippen MR) is 177 cm³/mol. The lowest BCUT2D eigenvalue weighted by molar-refractivity contribution is 1.13.